The Morgan fingerprint density at radius 1 is 0.935 bits per heavy atom. The van der Waals surface area contributed by atoms with Crippen LogP contribution in [0.3, 0.4) is 0 Å². The van der Waals surface area contributed by atoms with Gasteiger partial charge >= 0.3 is 197 Å². The molecule has 1 saturated carbocycles. The Balaban J connectivity index is 2.26. The van der Waals surface area contributed by atoms with E-state index in [1.54, 1.807) is 3.58 Å². The van der Waals surface area contributed by atoms with Crippen molar-refractivity contribution in [3.63, 3.8) is 0 Å². The maximum absolute atomic E-state index is 12.5. The van der Waals surface area contributed by atoms with Crippen molar-refractivity contribution in [2.75, 3.05) is 0 Å². The molecule has 0 aromatic heterocycles. The second-order valence-corrected chi connectivity index (χ2v) is 24.0. The summed E-state index contributed by atoms with van der Waals surface area (Å²) in [6.45, 7) is 12.8. The molecule has 0 saturated heterocycles. The van der Waals surface area contributed by atoms with Gasteiger partial charge in [-0.25, -0.2) is 0 Å². The molecule has 4 heteroatoms. The van der Waals surface area contributed by atoms with Crippen LogP contribution in [0.4, 0.5) is 4.79 Å². The summed E-state index contributed by atoms with van der Waals surface area (Å²) in [5, 5.41) is 3.22. The summed E-state index contributed by atoms with van der Waals surface area (Å²) in [6.07, 6.45) is 10.9. The number of nitrogens with one attached hydrogen (secondary N) is 1. The fraction of sp³-hybridized carbons (Fsp3) is 0.741. The molecule has 0 bridgehead atoms. The topological polar surface area (TPSA) is 38.3 Å². The quantitative estimate of drug-likeness (QED) is 0.279. The van der Waals surface area contributed by atoms with Gasteiger partial charge in [0.2, 0.25) is 0 Å². The van der Waals surface area contributed by atoms with Gasteiger partial charge in [0.05, 0.1) is 0 Å². The summed E-state index contributed by atoms with van der Waals surface area (Å²) in [7, 11) is 0. The summed E-state index contributed by atoms with van der Waals surface area (Å²) in [4.78, 5) is 12.5. The zero-order chi connectivity index (χ0) is 23.0. The van der Waals surface area contributed by atoms with Crippen LogP contribution in [0.15, 0.2) is 24.3 Å². The summed E-state index contributed by atoms with van der Waals surface area (Å²) in [6, 6.07) is 9.59. The molecule has 1 aliphatic carbocycles. The Kier molecular flexibility index (Phi) is 10.2. The van der Waals surface area contributed by atoms with E-state index < -0.39 is 24.0 Å². The molecule has 1 aromatic carbocycles. The fourth-order valence-electron chi connectivity index (χ4n) is 5.01. The SMILES string of the molecule is CCC[CH2][Sn]([CH2]CCC)([CH2]CCC)[c]1ccc(C2(NC(=O)OC(C)(C)C)CCC2)cc1. The van der Waals surface area contributed by atoms with E-state index in [0.717, 1.165) is 19.3 Å². The number of amides is 1. The van der Waals surface area contributed by atoms with Crippen molar-refractivity contribution in [2.45, 2.75) is 124 Å². The van der Waals surface area contributed by atoms with Crippen molar-refractivity contribution in [2.24, 2.45) is 0 Å². The second kappa shape index (κ2) is 11.9. The zero-order valence-electron chi connectivity index (χ0n) is 21.1. The van der Waals surface area contributed by atoms with Gasteiger partial charge in [0.1, 0.15) is 0 Å². The molecule has 1 fully saturated rings. The van der Waals surface area contributed by atoms with Crippen LogP contribution < -0.4 is 8.90 Å². The molecular weight excluding hydrogens is 489 g/mol. The number of benzene rings is 1. The fourth-order valence-corrected chi connectivity index (χ4v) is 20.9. The molecule has 31 heavy (non-hydrogen) atoms. The first-order valence-electron chi connectivity index (χ1n) is 12.8. The average molecular weight is 536 g/mol. The van der Waals surface area contributed by atoms with E-state index in [2.05, 4.69) is 50.4 Å². The van der Waals surface area contributed by atoms with Crippen LogP contribution in [0.25, 0.3) is 0 Å². The standard InChI is InChI=1S/C15H20NO2.3C4H9.Sn/c1-14(2,3)18-13(17)16-15(10-7-11-15)12-8-5-4-6-9-12;3*1-3-4-2;/h5-6,8-9H,7,10-11H2,1-3H3,(H,16,17);3*1,3-4H2,2H3;. The normalized spacial score (nSPS) is 15.9. The van der Waals surface area contributed by atoms with Gasteiger partial charge < -0.3 is 0 Å². The number of rotatable bonds is 12. The first-order valence-corrected chi connectivity index (χ1v) is 20.3. The van der Waals surface area contributed by atoms with Crippen LogP contribution in [-0.4, -0.2) is 30.1 Å². The predicted octanol–water partition coefficient (Wildman–Crippen LogP) is 7.65. The van der Waals surface area contributed by atoms with Crippen LogP contribution in [-0.2, 0) is 10.3 Å². The molecule has 2 rings (SSSR count). The van der Waals surface area contributed by atoms with Gasteiger partial charge in [-0.15, -0.1) is 0 Å². The minimum absolute atomic E-state index is 0.241. The average Bonchev–Trinajstić information content (AvgIpc) is 2.69. The molecule has 0 heterocycles. The summed E-state index contributed by atoms with van der Waals surface area (Å²) in [5.74, 6) is 0. The van der Waals surface area contributed by atoms with Crippen molar-refractivity contribution < 1.29 is 9.53 Å². The van der Waals surface area contributed by atoms with Gasteiger partial charge in [0.25, 0.3) is 0 Å². The summed E-state index contributed by atoms with van der Waals surface area (Å²) in [5.41, 5.74) is 0.551. The zero-order valence-corrected chi connectivity index (χ0v) is 24.0. The first-order chi connectivity index (χ1) is 14.7. The van der Waals surface area contributed by atoms with Crippen molar-refractivity contribution in [1.29, 1.82) is 0 Å². The third-order valence-electron chi connectivity index (χ3n) is 7.02. The Hall–Kier alpha value is -0.711. The monoisotopic (exact) mass is 537 g/mol. The molecule has 0 atom stereocenters. The van der Waals surface area contributed by atoms with Gasteiger partial charge in [-0.1, -0.05) is 0 Å². The molecule has 0 aliphatic heterocycles. The number of unbranched alkanes of at least 4 members (excludes halogenated alkanes) is 3. The summed E-state index contributed by atoms with van der Waals surface area (Å²) < 4.78 is 11.7. The molecule has 0 unspecified atom stereocenters. The molecule has 176 valence electrons. The first kappa shape index (κ1) is 26.5. The van der Waals surface area contributed by atoms with E-state index in [0.29, 0.717) is 0 Å². The number of hydrogen-bond acceptors (Lipinski definition) is 2. The predicted molar refractivity (Wildman–Crippen MR) is 136 cm³/mol. The Labute approximate surface area is 196 Å². The van der Waals surface area contributed by atoms with Crippen LogP contribution >= 0.6 is 0 Å². The van der Waals surface area contributed by atoms with E-state index >= 15 is 0 Å². The molecule has 0 radical (unpaired) electrons. The number of carbonyl (C=O) groups excluding carboxylic acids is 1. The third kappa shape index (κ3) is 7.40. The van der Waals surface area contributed by atoms with Crippen LogP contribution in [0.1, 0.15) is 105 Å². The molecule has 0 spiro atoms. The maximum atomic E-state index is 12.5. The second-order valence-electron chi connectivity index (χ2n) is 10.7. The Morgan fingerprint density at radius 3 is 1.77 bits per heavy atom. The minimum atomic E-state index is -2.40. The number of alkyl carbamates (subject to hydrolysis) is 1. The van der Waals surface area contributed by atoms with Gasteiger partial charge in [0.15, 0.2) is 0 Å². The third-order valence-corrected chi connectivity index (χ3v) is 22.7. The van der Waals surface area contributed by atoms with E-state index in [-0.39, 0.29) is 11.6 Å². The van der Waals surface area contributed by atoms with E-state index in [9.17, 15) is 4.79 Å². The Bertz CT molecular complexity index is 652. The summed E-state index contributed by atoms with van der Waals surface area (Å²) >= 11 is -2.40. The van der Waals surface area contributed by atoms with Crippen molar-refractivity contribution >= 4 is 28.0 Å². The van der Waals surface area contributed by atoms with E-state index in [1.165, 1.54) is 57.4 Å². The molecule has 1 N–H and O–H groups in total. The molecule has 3 nitrogen and oxygen atoms in total. The van der Waals surface area contributed by atoms with Gasteiger partial charge in [-0.3, -0.25) is 0 Å². The van der Waals surface area contributed by atoms with Gasteiger partial charge in [0, 0.05) is 0 Å². The number of carbonyl (C=O) groups is 1. The van der Waals surface area contributed by atoms with Crippen molar-refractivity contribution in [3.05, 3.63) is 29.8 Å². The molecule has 1 aliphatic rings. The van der Waals surface area contributed by atoms with Gasteiger partial charge in [-0.2, -0.15) is 0 Å². The van der Waals surface area contributed by atoms with Gasteiger partial charge in [-0.05, 0) is 0 Å². The van der Waals surface area contributed by atoms with Crippen molar-refractivity contribution in [3.8, 4) is 0 Å². The Morgan fingerprint density at radius 2 is 1.42 bits per heavy atom. The molecular formula is C27H47NO2Sn. The molecule has 1 amide bonds. The number of hydrogen-bond donors (Lipinski definition) is 1. The van der Waals surface area contributed by atoms with Crippen LogP contribution in [0, 0.1) is 0 Å². The number of ether oxygens (including phenoxy) is 1. The van der Waals surface area contributed by atoms with E-state index in [1.807, 2.05) is 20.8 Å². The van der Waals surface area contributed by atoms with Crippen LogP contribution in [0.5, 0.6) is 0 Å². The van der Waals surface area contributed by atoms with Crippen LogP contribution in [0.2, 0.25) is 13.3 Å². The molecule has 1 aromatic rings. The van der Waals surface area contributed by atoms with Crippen molar-refractivity contribution in [1.82, 2.24) is 5.32 Å². The van der Waals surface area contributed by atoms with E-state index in [4.69, 9.17) is 4.74 Å².